The van der Waals surface area contributed by atoms with Crippen LogP contribution in [0.2, 0.25) is 0 Å². The van der Waals surface area contributed by atoms with Crippen LogP contribution in [0.4, 0.5) is 0 Å². The molecule has 4 nitrogen and oxygen atoms in total. The minimum atomic E-state index is -0.556. The van der Waals surface area contributed by atoms with Gasteiger partial charge >= 0.3 is 0 Å². The first kappa shape index (κ1) is 16.4. The van der Waals surface area contributed by atoms with Crippen LogP contribution >= 0.6 is 0 Å². The molecule has 0 aromatic carbocycles. The number of nitriles is 1. The van der Waals surface area contributed by atoms with E-state index in [4.69, 9.17) is 5.73 Å². The summed E-state index contributed by atoms with van der Waals surface area (Å²) >= 11 is 0. The van der Waals surface area contributed by atoms with E-state index < -0.39 is 5.54 Å². The maximum atomic E-state index is 9.25. The van der Waals surface area contributed by atoms with Gasteiger partial charge in [-0.05, 0) is 58.8 Å². The lowest BCUT2D eigenvalue weighted by Crippen LogP contribution is -2.43. The Labute approximate surface area is 118 Å². The molecule has 1 fully saturated rings. The van der Waals surface area contributed by atoms with Gasteiger partial charge in [0.1, 0.15) is 5.54 Å². The molecule has 2 atom stereocenters. The molecule has 2 unspecified atom stereocenters. The molecule has 1 saturated carbocycles. The summed E-state index contributed by atoms with van der Waals surface area (Å²) in [6.45, 7) is 6.65. The molecule has 0 aromatic heterocycles. The molecule has 2 N–H and O–H groups in total. The Bertz CT molecular complexity index is 297. The van der Waals surface area contributed by atoms with Crippen LogP contribution in [0.3, 0.4) is 0 Å². The third-order valence-electron chi connectivity index (χ3n) is 4.28. The molecule has 1 rings (SSSR count). The lowest BCUT2D eigenvalue weighted by atomic mass is 9.87. The van der Waals surface area contributed by atoms with E-state index in [9.17, 15) is 5.26 Å². The SMILES string of the molecule is CCCN(CCC1CCCC1(N)C#N)CCN(C)C. The van der Waals surface area contributed by atoms with Gasteiger partial charge in [-0.1, -0.05) is 13.3 Å². The highest BCUT2D eigenvalue weighted by Gasteiger charge is 2.39. The largest absolute Gasteiger partial charge is 0.313 e. The Hall–Kier alpha value is -0.630. The van der Waals surface area contributed by atoms with Gasteiger partial charge in [0, 0.05) is 13.1 Å². The highest BCUT2D eigenvalue weighted by Crippen LogP contribution is 2.35. The summed E-state index contributed by atoms with van der Waals surface area (Å²) in [5.41, 5.74) is 5.64. The maximum Gasteiger partial charge on any atom is 0.107 e. The summed E-state index contributed by atoms with van der Waals surface area (Å²) in [5.74, 6) is 0.385. The van der Waals surface area contributed by atoms with Crippen molar-refractivity contribution in [3.05, 3.63) is 0 Å². The smallest absolute Gasteiger partial charge is 0.107 e. The molecule has 1 aliphatic rings. The quantitative estimate of drug-likeness (QED) is 0.726. The van der Waals surface area contributed by atoms with Gasteiger partial charge in [-0.25, -0.2) is 0 Å². The summed E-state index contributed by atoms with van der Waals surface area (Å²) in [5, 5.41) is 9.25. The first-order valence-electron chi connectivity index (χ1n) is 7.59. The maximum absolute atomic E-state index is 9.25. The van der Waals surface area contributed by atoms with Crippen molar-refractivity contribution in [3.63, 3.8) is 0 Å². The average molecular weight is 266 g/mol. The summed E-state index contributed by atoms with van der Waals surface area (Å²) in [6, 6.07) is 2.35. The number of nitrogens with zero attached hydrogens (tertiary/aromatic N) is 3. The Morgan fingerprint density at radius 3 is 2.58 bits per heavy atom. The lowest BCUT2D eigenvalue weighted by Gasteiger charge is -2.28. The molecule has 1 aliphatic carbocycles. The minimum Gasteiger partial charge on any atom is -0.313 e. The molecule has 110 valence electrons. The lowest BCUT2D eigenvalue weighted by molar-refractivity contribution is 0.216. The molecular weight excluding hydrogens is 236 g/mol. The van der Waals surface area contributed by atoms with Crippen LogP contribution < -0.4 is 5.73 Å². The third kappa shape index (κ3) is 5.10. The van der Waals surface area contributed by atoms with Crippen LogP contribution in [0.15, 0.2) is 0 Å². The third-order valence-corrected chi connectivity index (χ3v) is 4.28. The van der Waals surface area contributed by atoms with Crippen molar-refractivity contribution in [2.45, 2.75) is 44.6 Å². The molecule has 0 bridgehead atoms. The molecule has 0 heterocycles. The van der Waals surface area contributed by atoms with Crippen molar-refractivity contribution >= 4 is 0 Å². The summed E-state index contributed by atoms with van der Waals surface area (Å²) in [4.78, 5) is 4.73. The van der Waals surface area contributed by atoms with Gasteiger partial charge in [-0.15, -0.1) is 0 Å². The topological polar surface area (TPSA) is 56.3 Å². The van der Waals surface area contributed by atoms with Crippen LogP contribution in [-0.4, -0.2) is 55.6 Å². The van der Waals surface area contributed by atoms with Crippen molar-refractivity contribution in [2.24, 2.45) is 11.7 Å². The van der Waals surface area contributed by atoms with Gasteiger partial charge < -0.3 is 15.5 Å². The monoisotopic (exact) mass is 266 g/mol. The molecule has 0 spiro atoms. The number of hydrogen-bond donors (Lipinski definition) is 1. The van der Waals surface area contributed by atoms with Crippen molar-refractivity contribution in [3.8, 4) is 6.07 Å². The van der Waals surface area contributed by atoms with Gasteiger partial charge in [-0.3, -0.25) is 0 Å². The Balaban J connectivity index is 2.40. The van der Waals surface area contributed by atoms with E-state index in [0.29, 0.717) is 5.92 Å². The predicted molar refractivity (Wildman–Crippen MR) is 79.8 cm³/mol. The fourth-order valence-corrected chi connectivity index (χ4v) is 2.98. The van der Waals surface area contributed by atoms with Gasteiger partial charge in [0.15, 0.2) is 0 Å². The second-order valence-electron chi connectivity index (χ2n) is 6.17. The fourth-order valence-electron chi connectivity index (χ4n) is 2.98. The standard InChI is InChI=1S/C15H30N4/c1-4-9-19(12-11-18(2)3)10-7-14-6-5-8-15(14,17)13-16/h14H,4-12,17H2,1-3H3. The van der Waals surface area contributed by atoms with Gasteiger partial charge in [0.05, 0.1) is 6.07 Å². The molecule has 19 heavy (non-hydrogen) atoms. The highest BCUT2D eigenvalue weighted by atomic mass is 15.2. The summed E-state index contributed by atoms with van der Waals surface area (Å²) in [6.07, 6.45) is 5.36. The Morgan fingerprint density at radius 2 is 2.00 bits per heavy atom. The van der Waals surface area contributed by atoms with Crippen LogP contribution in [0.5, 0.6) is 0 Å². The van der Waals surface area contributed by atoms with E-state index in [1.807, 2.05) is 0 Å². The second-order valence-corrected chi connectivity index (χ2v) is 6.17. The number of hydrogen-bond acceptors (Lipinski definition) is 4. The second kappa shape index (κ2) is 7.84. The zero-order valence-corrected chi connectivity index (χ0v) is 12.9. The van der Waals surface area contributed by atoms with Crippen LogP contribution in [0, 0.1) is 17.2 Å². The van der Waals surface area contributed by atoms with Crippen molar-refractivity contribution in [1.29, 1.82) is 5.26 Å². The molecule has 0 aromatic rings. The van der Waals surface area contributed by atoms with Gasteiger partial charge in [-0.2, -0.15) is 5.26 Å². The first-order valence-corrected chi connectivity index (χ1v) is 7.59. The van der Waals surface area contributed by atoms with Crippen molar-refractivity contribution in [1.82, 2.24) is 9.80 Å². The van der Waals surface area contributed by atoms with Crippen molar-refractivity contribution in [2.75, 3.05) is 40.3 Å². The van der Waals surface area contributed by atoms with E-state index in [0.717, 1.165) is 51.9 Å². The number of nitrogens with two attached hydrogens (primary N) is 1. The molecule has 0 radical (unpaired) electrons. The zero-order chi connectivity index (χ0) is 14.3. The van der Waals surface area contributed by atoms with E-state index in [-0.39, 0.29) is 0 Å². The predicted octanol–water partition coefficient (Wildman–Crippen LogP) is 1.67. The molecule has 0 amide bonds. The minimum absolute atomic E-state index is 0.385. The number of rotatable bonds is 8. The zero-order valence-electron chi connectivity index (χ0n) is 12.9. The Morgan fingerprint density at radius 1 is 1.26 bits per heavy atom. The number of likely N-dealkylation sites (N-methyl/N-ethyl adjacent to an activating group) is 1. The average Bonchev–Trinajstić information content (AvgIpc) is 2.75. The van der Waals surface area contributed by atoms with Gasteiger partial charge in [0.25, 0.3) is 0 Å². The van der Waals surface area contributed by atoms with E-state index in [1.54, 1.807) is 0 Å². The summed E-state index contributed by atoms with van der Waals surface area (Å²) in [7, 11) is 4.23. The van der Waals surface area contributed by atoms with E-state index >= 15 is 0 Å². The molecule has 4 heteroatoms. The summed E-state index contributed by atoms with van der Waals surface area (Å²) < 4.78 is 0. The van der Waals surface area contributed by atoms with Crippen molar-refractivity contribution < 1.29 is 0 Å². The van der Waals surface area contributed by atoms with Crippen LogP contribution in [0.1, 0.15) is 39.0 Å². The Kier molecular flexibility index (Phi) is 6.78. The van der Waals surface area contributed by atoms with Crippen LogP contribution in [-0.2, 0) is 0 Å². The molecular formula is C15H30N4. The normalized spacial score (nSPS) is 27.1. The van der Waals surface area contributed by atoms with Gasteiger partial charge in [0.2, 0.25) is 0 Å². The fraction of sp³-hybridized carbons (Fsp3) is 0.933. The molecule has 0 saturated heterocycles. The van der Waals surface area contributed by atoms with E-state index in [1.165, 1.54) is 6.42 Å². The first-order chi connectivity index (χ1) is 9.01. The van der Waals surface area contributed by atoms with E-state index in [2.05, 4.69) is 36.9 Å². The van der Waals surface area contributed by atoms with Crippen LogP contribution in [0.25, 0.3) is 0 Å². The molecule has 0 aliphatic heterocycles. The highest BCUT2D eigenvalue weighted by molar-refractivity contribution is 5.11.